The van der Waals surface area contributed by atoms with E-state index in [9.17, 15) is 0 Å². The van der Waals surface area contributed by atoms with Crippen LogP contribution < -0.4 is 10.6 Å². The third-order valence-corrected chi connectivity index (χ3v) is 2.61. The molecule has 98 valence electrons. The second kappa shape index (κ2) is 8.09. The fourth-order valence-corrected chi connectivity index (χ4v) is 1.57. The standard InChI is InChI=1S/C12H20N2.C2H6O/c1-5-12(13)11-7-6-10(14(3)4)8-9(11)2;1-2-3/h6-8,12H,5,13H2,1-4H3;3H,2H2,1H3. The molecule has 3 N–H and O–H groups in total. The van der Waals surface area contributed by atoms with Crippen LogP contribution in [0, 0.1) is 6.92 Å². The zero-order valence-electron chi connectivity index (χ0n) is 11.7. The Morgan fingerprint density at radius 1 is 1.29 bits per heavy atom. The summed E-state index contributed by atoms with van der Waals surface area (Å²) in [6.07, 6.45) is 0.988. The van der Waals surface area contributed by atoms with E-state index in [2.05, 4.69) is 36.9 Å². The Hall–Kier alpha value is -1.06. The number of aliphatic hydroxyl groups is 1. The molecule has 1 rings (SSSR count). The van der Waals surface area contributed by atoms with Crippen molar-refractivity contribution in [2.24, 2.45) is 5.73 Å². The predicted octanol–water partition coefficient (Wildman–Crippen LogP) is 2.47. The van der Waals surface area contributed by atoms with Gasteiger partial charge < -0.3 is 15.7 Å². The fraction of sp³-hybridized carbons (Fsp3) is 0.571. The Morgan fingerprint density at radius 3 is 2.18 bits per heavy atom. The first kappa shape index (κ1) is 15.9. The van der Waals surface area contributed by atoms with Crippen molar-refractivity contribution < 1.29 is 5.11 Å². The first-order valence-electron chi connectivity index (χ1n) is 6.12. The summed E-state index contributed by atoms with van der Waals surface area (Å²) >= 11 is 0. The molecule has 1 aromatic rings. The predicted molar refractivity (Wildman–Crippen MR) is 75.5 cm³/mol. The SMILES string of the molecule is CCC(N)c1ccc(N(C)C)cc1C.CCO. The molecule has 0 saturated heterocycles. The smallest absolute Gasteiger partial charge is 0.0402 e. The molecule has 0 bridgehead atoms. The first-order valence-corrected chi connectivity index (χ1v) is 6.12. The maximum atomic E-state index is 7.57. The summed E-state index contributed by atoms with van der Waals surface area (Å²) in [5.74, 6) is 0. The molecule has 1 aromatic carbocycles. The molecule has 0 heterocycles. The molecule has 0 spiro atoms. The highest BCUT2D eigenvalue weighted by atomic mass is 16.2. The number of anilines is 1. The molecule has 0 amide bonds. The van der Waals surface area contributed by atoms with Gasteiger partial charge in [-0.2, -0.15) is 0 Å². The van der Waals surface area contributed by atoms with Gasteiger partial charge in [-0.05, 0) is 43.5 Å². The molecule has 0 aliphatic heterocycles. The van der Waals surface area contributed by atoms with Gasteiger partial charge >= 0.3 is 0 Å². The molecule has 0 radical (unpaired) electrons. The van der Waals surface area contributed by atoms with Crippen molar-refractivity contribution in [2.45, 2.75) is 33.2 Å². The lowest BCUT2D eigenvalue weighted by atomic mass is 9.99. The van der Waals surface area contributed by atoms with Crippen LogP contribution in [0.25, 0.3) is 0 Å². The topological polar surface area (TPSA) is 49.5 Å². The van der Waals surface area contributed by atoms with Crippen LogP contribution in [0.2, 0.25) is 0 Å². The van der Waals surface area contributed by atoms with E-state index in [0.717, 1.165) is 6.42 Å². The van der Waals surface area contributed by atoms with Crippen LogP contribution in [0.5, 0.6) is 0 Å². The maximum absolute atomic E-state index is 7.57. The van der Waals surface area contributed by atoms with E-state index >= 15 is 0 Å². The van der Waals surface area contributed by atoms with Gasteiger partial charge in [0.05, 0.1) is 0 Å². The Labute approximate surface area is 105 Å². The largest absolute Gasteiger partial charge is 0.397 e. The number of benzene rings is 1. The molecular weight excluding hydrogens is 212 g/mol. The van der Waals surface area contributed by atoms with Gasteiger partial charge in [-0.3, -0.25) is 0 Å². The van der Waals surface area contributed by atoms with E-state index in [4.69, 9.17) is 10.8 Å². The van der Waals surface area contributed by atoms with Crippen LogP contribution >= 0.6 is 0 Å². The number of hydrogen-bond donors (Lipinski definition) is 2. The van der Waals surface area contributed by atoms with Crippen LogP contribution in [0.15, 0.2) is 18.2 Å². The zero-order chi connectivity index (χ0) is 13.4. The van der Waals surface area contributed by atoms with E-state index in [1.165, 1.54) is 16.8 Å². The van der Waals surface area contributed by atoms with Crippen LogP contribution in [-0.4, -0.2) is 25.8 Å². The third-order valence-electron chi connectivity index (χ3n) is 2.61. The average Bonchev–Trinajstić information content (AvgIpc) is 2.29. The van der Waals surface area contributed by atoms with Crippen molar-refractivity contribution in [3.05, 3.63) is 29.3 Å². The minimum atomic E-state index is 0.172. The van der Waals surface area contributed by atoms with Crippen molar-refractivity contribution in [1.29, 1.82) is 0 Å². The summed E-state index contributed by atoms with van der Waals surface area (Å²) in [5, 5.41) is 7.57. The van der Waals surface area contributed by atoms with Crippen molar-refractivity contribution >= 4 is 5.69 Å². The summed E-state index contributed by atoms with van der Waals surface area (Å²) in [5.41, 5.74) is 9.78. The lowest BCUT2D eigenvalue weighted by Crippen LogP contribution is -2.12. The summed E-state index contributed by atoms with van der Waals surface area (Å²) in [6.45, 7) is 6.17. The van der Waals surface area contributed by atoms with Gasteiger partial charge in [0.15, 0.2) is 0 Å². The van der Waals surface area contributed by atoms with E-state index in [1.807, 2.05) is 14.1 Å². The highest BCUT2D eigenvalue weighted by Crippen LogP contribution is 2.22. The van der Waals surface area contributed by atoms with Gasteiger partial charge in [0.2, 0.25) is 0 Å². The Balaban J connectivity index is 0.000000770. The number of nitrogens with zero attached hydrogens (tertiary/aromatic N) is 1. The van der Waals surface area contributed by atoms with E-state index in [1.54, 1.807) is 6.92 Å². The van der Waals surface area contributed by atoms with Crippen molar-refractivity contribution in [2.75, 3.05) is 25.6 Å². The lowest BCUT2D eigenvalue weighted by molar-refractivity contribution is 0.318. The number of aliphatic hydroxyl groups excluding tert-OH is 1. The third kappa shape index (κ3) is 5.20. The summed E-state index contributed by atoms with van der Waals surface area (Å²) in [6, 6.07) is 6.62. The molecule has 17 heavy (non-hydrogen) atoms. The Bertz CT molecular complexity index is 324. The molecular formula is C14H26N2O. The van der Waals surface area contributed by atoms with Gasteiger partial charge in [0.25, 0.3) is 0 Å². The molecule has 1 unspecified atom stereocenters. The lowest BCUT2D eigenvalue weighted by Gasteiger charge is -2.17. The second-order valence-electron chi connectivity index (χ2n) is 4.27. The fourth-order valence-electron chi connectivity index (χ4n) is 1.57. The molecule has 0 saturated carbocycles. The van der Waals surface area contributed by atoms with Crippen molar-refractivity contribution in [3.63, 3.8) is 0 Å². The normalized spacial score (nSPS) is 11.5. The quantitative estimate of drug-likeness (QED) is 0.850. The number of aryl methyl sites for hydroxylation is 1. The van der Waals surface area contributed by atoms with Crippen LogP contribution in [0.3, 0.4) is 0 Å². The minimum absolute atomic E-state index is 0.172. The van der Waals surface area contributed by atoms with E-state index < -0.39 is 0 Å². The van der Waals surface area contributed by atoms with Gasteiger partial charge in [0, 0.05) is 32.4 Å². The minimum Gasteiger partial charge on any atom is -0.397 e. The van der Waals surface area contributed by atoms with Crippen molar-refractivity contribution in [1.82, 2.24) is 0 Å². The molecule has 3 nitrogen and oxygen atoms in total. The second-order valence-corrected chi connectivity index (χ2v) is 4.27. The van der Waals surface area contributed by atoms with Gasteiger partial charge in [-0.1, -0.05) is 13.0 Å². The number of rotatable bonds is 3. The van der Waals surface area contributed by atoms with Crippen LogP contribution in [0.4, 0.5) is 5.69 Å². The zero-order valence-corrected chi connectivity index (χ0v) is 11.7. The Morgan fingerprint density at radius 2 is 1.82 bits per heavy atom. The monoisotopic (exact) mass is 238 g/mol. The molecule has 0 aromatic heterocycles. The average molecular weight is 238 g/mol. The highest BCUT2D eigenvalue weighted by Gasteiger charge is 2.07. The van der Waals surface area contributed by atoms with Gasteiger partial charge in [-0.15, -0.1) is 0 Å². The van der Waals surface area contributed by atoms with Gasteiger partial charge in [0.1, 0.15) is 0 Å². The molecule has 0 aliphatic carbocycles. The summed E-state index contributed by atoms with van der Waals surface area (Å²) in [7, 11) is 4.10. The van der Waals surface area contributed by atoms with E-state index in [-0.39, 0.29) is 12.6 Å². The van der Waals surface area contributed by atoms with E-state index in [0.29, 0.717) is 0 Å². The highest BCUT2D eigenvalue weighted by molar-refractivity contribution is 5.50. The molecule has 0 fully saturated rings. The molecule has 1 atom stereocenters. The van der Waals surface area contributed by atoms with Crippen LogP contribution in [0.1, 0.15) is 37.4 Å². The van der Waals surface area contributed by atoms with Crippen molar-refractivity contribution in [3.8, 4) is 0 Å². The molecule has 0 aliphatic rings. The first-order chi connectivity index (χ1) is 7.97. The number of hydrogen-bond acceptors (Lipinski definition) is 3. The number of nitrogens with two attached hydrogens (primary N) is 1. The maximum Gasteiger partial charge on any atom is 0.0402 e. The van der Waals surface area contributed by atoms with Gasteiger partial charge in [-0.25, -0.2) is 0 Å². The van der Waals surface area contributed by atoms with Crippen LogP contribution in [-0.2, 0) is 0 Å². The summed E-state index contributed by atoms with van der Waals surface area (Å²) in [4.78, 5) is 2.11. The Kier molecular flexibility index (Phi) is 7.59. The summed E-state index contributed by atoms with van der Waals surface area (Å²) < 4.78 is 0. The molecule has 3 heteroatoms.